The van der Waals surface area contributed by atoms with Crippen LogP contribution in [-0.4, -0.2) is 30.1 Å². The molecule has 0 aliphatic heterocycles. The van der Waals surface area contributed by atoms with Crippen molar-refractivity contribution in [1.82, 2.24) is 30.1 Å². The standard InChI is InChI=1S/C28H35FN6O/c1-7-24(26-31-32-33-35(26)28(5,6)8-2)34(16-20-10-13-23(29)14-11-20)17-22-15-21-12-9-18(3)19(4)25(21)30-27(22)36/h9-15,24H,7-8,16-17H2,1-6H3,(H,30,36). The molecule has 0 saturated carbocycles. The van der Waals surface area contributed by atoms with Gasteiger partial charge in [-0.3, -0.25) is 9.69 Å². The minimum absolute atomic E-state index is 0.108. The SMILES string of the molecule is CCC(c1nnnn1C(C)(C)CC)N(Cc1ccc(F)cc1)Cc1cc2ccc(C)c(C)c2[nH]c1=O. The van der Waals surface area contributed by atoms with E-state index in [2.05, 4.69) is 59.2 Å². The molecule has 1 unspecified atom stereocenters. The van der Waals surface area contributed by atoms with E-state index in [1.54, 1.807) is 12.1 Å². The zero-order chi connectivity index (χ0) is 26.0. The molecule has 7 nitrogen and oxygen atoms in total. The Morgan fingerprint density at radius 3 is 2.47 bits per heavy atom. The van der Waals surface area contributed by atoms with Crippen LogP contribution in [0.4, 0.5) is 4.39 Å². The van der Waals surface area contributed by atoms with Crippen LogP contribution in [0, 0.1) is 19.7 Å². The predicted molar refractivity (Wildman–Crippen MR) is 140 cm³/mol. The summed E-state index contributed by atoms with van der Waals surface area (Å²) in [6, 6.07) is 12.4. The van der Waals surface area contributed by atoms with Crippen LogP contribution in [0.25, 0.3) is 10.9 Å². The summed E-state index contributed by atoms with van der Waals surface area (Å²) >= 11 is 0. The quantitative estimate of drug-likeness (QED) is 0.332. The van der Waals surface area contributed by atoms with Gasteiger partial charge in [0, 0.05) is 18.7 Å². The number of tetrazole rings is 1. The molecule has 36 heavy (non-hydrogen) atoms. The molecular formula is C28H35FN6O. The Morgan fingerprint density at radius 2 is 1.81 bits per heavy atom. The maximum absolute atomic E-state index is 13.6. The van der Waals surface area contributed by atoms with Crippen LogP contribution in [0.5, 0.6) is 0 Å². The molecule has 0 aliphatic carbocycles. The zero-order valence-corrected chi connectivity index (χ0v) is 22.0. The Kier molecular flexibility index (Phi) is 7.36. The average Bonchev–Trinajstić information content (AvgIpc) is 3.35. The van der Waals surface area contributed by atoms with Gasteiger partial charge >= 0.3 is 0 Å². The minimum atomic E-state index is -0.275. The number of aryl methyl sites for hydroxylation is 2. The van der Waals surface area contributed by atoms with Crippen molar-refractivity contribution in [3.8, 4) is 0 Å². The summed E-state index contributed by atoms with van der Waals surface area (Å²) < 4.78 is 15.5. The lowest BCUT2D eigenvalue weighted by Crippen LogP contribution is -2.36. The largest absolute Gasteiger partial charge is 0.321 e. The maximum Gasteiger partial charge on any atom is 0.252 e. The highest BCUT2D eigenvalue weighted by molar-refractivity contribution is 5.83. The first-order valence-corrected chi connectivity index (χ1v) is 12.5. The molecule has 0 bridgehead atoms. The molecule has 0 aliphatic rings. The van der Waals surface area contributed by atoms with Crippen LogP contribution < -0.4 is 5.56 Å². The summed E-state index contributed by atoms with van der Waals surface area (Å²) in [4.78, 5) is 18.5. The second-order valence-electron chi connectivity index (χ2n) is 10.2. The van der Waals surface area contributed by atoms with Gasteiger partial charge in [-0.05, 0) is 91.2 Å². The highest BCUT2D eigenvalue weighted by atomic mass is 19.1. The summed E-state index contributed by atoms with van der Waals surface area (Å²) in [5.41, 5.74) is 4.33. The smallest absolute Gasteiger partial charge is 0.252 e. The van der Waals surface area contributed by atoms with Gasteiger partial charge in [0.15, 0.2) is 5.82 Å². The van der Waals surface area contributed by atoms with Gasteiger partial charge in [-0.15, -0.1) is 5.10 Å². The fourth-order valence-corrected chi connectivity index (χ4v) is 4.59. The fraction of sp³-hybridized carbons (Fsp3) is 0.429. The number of nitrogens with zero attached hydrogens (tertiary/aromatic N) is 5. The van der Waals surface area contributed by atoms with Crippen molar-refractivity contribution < 1.29 is 4.39 Å². The molecule has 4 rings (SSSR count). The molecule has 0 saturated heterocycles. The predicted octanol–water partition coefficient (Wildman–Crippen LogP) is 5.57. The van der Waals surface area contributed by atoms with E-state index in [9.17, 15) is 9.18 Å². The monoisotopic (exact) mass is 490 g/mol. The van der Waals surface area contributed by atoms with Crippen molar-refractivity contribution in [3.05, 3.63) is 86.7 Å². The Labute approximate surface area is 211 Å². The van der Waals surface area contributed by atoms with Crippen molar-refractivity contribution in [2.24, 2.45) is 0 Å². The number of rotatable bonds is 9. The zero-order valence-electron chi connectivity index (χ0n) is 22.0. The van der Waals surface area contributed by atoms with Crippen LogP contribution in [0.15, 0.2) is 47.3 Å². The molecule has 4 aromatic rings. The number of hydrogen-bond donors (Lipinski definition) is 1. The van der Waals surface area contributed by atoms with E-state index in [0.717, 1.165) is 46.3 Å². The Hall–Kier alpha value is -3.39. The Balaban J connectivity index is 1.79. The fourth-order valence-electron chi connectivity index (χ4n) is 4.59. The normalized spacial score (nSPS) is 13.0. The van der Waals surface area contributed by atoms with E-state index in [1.165, 1.54) is 12.1 Å². The molecule has 2 aromatic carbocycles. The molecule has 2 aromatic heterocycles. The van der Waals surface area contributed by atoms with Gasteiger partial charge in [-0.25, -0.2) is 9.07 Å². The van der Waals surface area contributed by atoms with Gasteiger partial charge in [0.25, 0.3) is 5.56 Å². The third-order valence-corrected chi connectivity index (χ3v) is 7.36. The molecule has 0 radical (unpaired) electrons. The van der Waals surface area contributed by atoms with E-state index in [-0.39, 0.29) is 23.0 Å². The molecule has 2 heterocycles. The number of fused-ring (bicyclic) bond motifs is 1. The number of hydrogen-bond acceptors (Lipinski definition) is 5. The van der Waals surface area contributed by atoms with Crippen molar-refractivity contribution in [3.63, 3.8) is 0 Å². The summed E-state index contributed by atoms with van der Waals surface area (Å²) in [5, 5.41) is 13.8. The lowest BCUT2D eigenvalue weighted by Gasteiger charge is -2.33. The molecule has 1 atom stereocenters. The number of benzene rings is 2. The minimum Gasteiger partial charge on any atom is -0.321 e. The van der Waals surface area contributed by atoms with E-state index in [0.29, 0.717) is 18.7 Å². The lowest BCUT2D eigenvalue weighted by molar-refractivity contribution is 0.150. The van der Waals surface area contributed by atoms with Crippen LogP contribution in [-0.2, 0) is 18.6 Å². The molecule has 1 N–H and O–H groups in total. The van der Waals surface area contributed by atoms with Crippen molar-refractivity contribution in [2.75, 3.05) is 0 Å². The molecule has 190 valence electrons. The first-order chi connectivity index (χ1) is 17.1. The van der Waals surface area contributed by atoms with Gasteiger partial charge in [0.1, 0.15) is 5.82 Å². The summed E-state index contributed by atoms with van der Waals surface area (Å²) in [6.07, 6.45) is 1.60. The average molecular weight is 491 g/mol. The second-order valence-corrected chi connectivity index (χ2v) is 10.2. The maximum atomic E-state index is 13.6. The summed E-state index contributed by atoms with van der Waals surface area (Å²) in [6.45, 7) is 13.4. The van der Waals surface area contributed by atoms with Crippen molar-refractivity contribution in [2.45, 2.75) is 79.1 Å². The lowest BCUT2D eigenvalue weighted by atomic mass is 10.0. The second kappa shape index (κ2) is 10.3. The van der Waals surface area contributed by atoms with E-state index < -0.39 is 0 Å². The highest BCUT2D eigenvalue weighted by Crippen LogP contribution is 2.30. The third-order valence-electron chi connectivity index (χ3n) is 7.36. The Bertz CT molecular complexity index is 1410. The van der Waals surface area contributed by atoms with Gasteiger partial charge in [0.05, 0.1) is 17.1 Å². The molecule has 0 spiro atoms. The van der Waals surface area contributed by atoms with Crippen molar-refractivity contribution >= 4 is 10.9 Å². The Morgan fingerprint density at radius 1 is 1.08 bits per heavy atom. The van der Waals surface area contributed by atoms with E-state index >= 15 is 0 Å². The molecular weight excluding hydrogens is 455 g/mol. The van der Waals surface area contributed by atoms with Crippen LogP contribution in [0.1, 0.15) is 74.7 Å². The third kappa shape index (κ3) is 5.09. The first kappa shape index (κ1) is 25.7. The number of aromatic nitrogens is 5. The topological polar surface area (TPSA) is 79.7 Å². The number of H-pyrrole nitrogens is 1. The first-order valence-electron chi connectivity index (χ1n) is 12.5. The molecule has 8 heteroatoms. The van der Waals surface area contributed by atoms with Crippen LogP contribution in [0.2, 0.25) is 0 Å². The van der Waals surface area contributed by atoms with E-state index in [1.807, 2.05) is 30.7 Å². The van der Waals surface area contributed by atoms with E-state index in [4.69, 9.17) is 0 Å². The van der Waals surface area contributed by atoms with Gasteiger partial charge < -0.3 is 4.98 Å². The summed E-state index contributed by atoms with van der Waals surface area (Å²) in [5.74, 6) is 0.484. The van der Waals surface area contributed by atoms with Gasteiger partial charge in [-0.1, -0.05) is 38.1 Å². The molecule has 0 amide bonds. The van der Waals surface area contributed by atoms with Crippen molar-refractivity contribution in [1.29, 1.82) is 0 Å². The van der Waals surface area contributed by atoms with Gasteiger partial charge in [-0.2, -0.15) is 0 Å². The van der Waals surface area contributed by atoms with Crippen LogP contribution >= 0.6 is 0 Å². The number of pyridine rings is 1. The number of halogens is 1. The van der Waals surface area contributed by atoms with Crippen LogP contribution in [0.3, 0.4) is 0 Å². The number of aromatic amines is 1. The number of nitrogens with one attached hydrogen (secondary N) is 1. The van der Waals surface area contributed by atoms with Gasteiger partial charge in [0.2, 0.25) is 0 Å². The molecule has 0 fully saturated rings. The highest BCUT2D eigenvalue weighted by Gasteiger charge is 2.31. The summed E-state index contributed by atoms with van der Waals surface area (Å²) in [7, 11) is 0.